The molecule has 0 radical (unpaired) electrons. The molecule has 0 fully saturated rings. The third-order valence-electron chi connectivity index (χ3n) is 16.8. The van der Waals surface area contributed by atoms with Crippen molar-refractivity contribution < 1.29 is 24.5 Å². The van der Waals surface area contributed by atoms with E-state index in [4.69, 9.17) is 4.74 Å². The molecule has 0 aliphatic carbocycles. The number of aliphatic hydroxyl groups excluding tert-OH is 2. The first kappa shape index (κ1) is 78.8. The van der Waals surface area contributed by atoms with Gasteiger partial charge >= 0.3 is 5.97 Å². The zero-order valence-corrected chi connectivity index (χ0v) is 54.5. The molecule has 1 amide bonds. The quantitative estimate of drug-likeness (QED) is 0.0320. The third kappa shape index (κ3) is 66.8. The van der Waals surface area contributed by atoms with E-state index in [1.165, 1.54) is 315 Å². The average Bonchev–Trinajstić information content (AvgIpc) is 3.47. The Kier molecular flexibility index (Phi) is 68.4. The number of rotatable bonds is 68. The number of carbonyl (C=O) groups is 2. The Bertz CT molecular complexity index is 1360. The minimum absolute atomic E-state index is 0.00151. The maximum Gasteiger partial charge on any atom is 0.305 e. The SMILES string of the molecule is CCCCCC/C=C\C/C=C\CCCCCCCC(=O)OCCCCCCCCCCCCCC/C=C\CCCCCCCCCCCCCC(=O)NC(CO)C(O)/C=C/CCCCCCCCCCCCCCCCCCCCC. The summed E-state index contributed by atoms with van der Waals surface area (Å²) in [7, 11) is 0. The molecule has 476 valence electrons. The van der Waals surface area contributed by atoms with Gasteiger partial charge in [0.1, 0.15) is 0 Å². The van der Waals surface area contributed by atoms with Gasteiger partial charge in [0.05, 0.1) is 25.4 Å². The topological polar surface area (TPSA) is 95.9 Å². The number of nitrogens with one attached hydrogen (secondary N) is 1. The highest BCUT2D eigenvalue weighted by atomic mass is 16.5. The van der Waals surface area contributed by atoms with Crippen molar-refractivity contribution in [3.8, 4) is 0 Å². The Labute approximate surface area is 506 Å². The Morgan fingerprint density at radius 2 is 0.617 bits per heavy atom. The molecule has 0 saturated heterocycles. The van der Waals surface area contributed by atoms with Crippen LogP contribution in [0.4, 0.5) is 0 Å². The van der Waals surface area contributed by atoms with Crippen molar-refractivity contribution in [1.82, 2.24) is 5.32 Å². The van der Waals surface area contributed by atoms with Gasteiger partial charge < -0.3 is 20.3 Å². The van der Waals surface area contributed by atoms with Gasteiger partial charge in [-0.15, -0.1) is 0 Å². The predicted molar refractivity (Wildman–Crippen MR) is 356 cm³/mol. The second-order valence-corrected chi connectivity index (χ2v) is 24.9. The fourth-order valence-electron chi connectivity index (χ4n) is 11.3. The minimum atomic E-state index is -0.847. The second-order valence-electron chi connectivity index (χ2n) is 24.9. The molecule has 0 aromatic carbocycles. The summed E-state index contributed by atoms with van der Waals surface area (Å²) in [6, 6.07) is -0.630. The van der Waals surface area contributed by atoms with E-state index in [0.29, 0.717) is 19.4 Å². The van der Waals surface area contributed by atoms with Gasteiger partial charge in [-0.25, -0.2) is 0 Å². The molecule has 0 heterocycles. The van der Waals surface area contributed by atoms with E-state index in [-0.39, 0.29) is 18.5 Å². The predicted octanol–water partition coefficient (Wildman–Crippen LogP) is 23.6. The van der Waals surface area contributed by atoms with Gasteiger partial charge in [0.15, 0.2) is 0 Å². The molecule has 0 aromatic heterocycles. The number of esters is 1. The number of amides is 1. The summed E-state index contributed by atoms with van der Waals surface area (Å²) in [5, 5.41) is 23.3. The number of hydrogen-bond donors (Lipinski definition) is 3. The van der Waals surface area contributed by atoms with Gasteiger partial charge in [0, 0.05) is 12.8 Å². The molecule has 6 heteroatoms. The first-order valence-corrected chi connectivity index (χ1v) is 36.4. The smallest absolute Gasteiger partial charge is 0.305 e. The van der Waals surface area contributed by atoms with Gasteiger partial charge in [-0.2, -0.15) is 0 Å². The molecular formula is C75H141NO5. The van der Waals surface area contributed by atoms with E-state index in [2.05, 4.69) is 55.6 Å². The van der Waals surface area contributed by atoms with Crippen LogP contribution in [0, 0.1) is 0 Å². The van der Waals surface area contributed by atoms with E-state index >= 15 is 0 Å². The van der Waals surface area contributed by atoms with Crippen molar-refractivity contribution in [2.24, 2.45) is 0 Å². The Morgan fingerprint density at radius 3 is 0.963 bits per heavy atom. The highest BCUT2D eigenvalue weighted by molar-refractivity contribution is 5.76. The lowest BCUT2D eigenvalue weighted by Gasteiger charge is -2.20. The summed E-state index contributed by atoms with van der Waals surface area (Å²) in [4.78, 5) is 24.6. The van der Waals surface area contributed by atoms with E-state index in [0.717, 1.165) is 51.4 Å². The van der Waals surface area contributed by atoms with Crippen LogP contribution >= 0.6 is 0 Å². The lowest BCUT2D eigenvalue weighted by Crippen LogP contribution is -2.45. The first-order chi connectivity index (χ1) is 40.0. The van der Waals surface area contributed by atoms with Crippen LogP contribution in [-0.2, 0) is 14.3 Å². The number of hydrogen-bond acceptors (Lipinski definition) is 5. The van der Waals surface area contributed by atoms with Gasteiger partial charge in [0.25, 0.3) is 0 Å². The molecular weight excluding hydrogens is 995 g/mol. The van der Waals surface area contributed by atoms with Crippen molar-refractivity contribution in [1.29, 1.82) is 0 Å². The van der Waals surface area contributed by atoms with Crippen molar-refractivity contribution in [3.63, 3.8) is 0 Å². The van der Waals surface area contributed by atoms with Crippen LogP contribution in [0.2, 0.25) is 0 Å². The number of allylic oxidation sites excluding steroid dienone is 7. The van der Waals surface area contributed by atoms with Gasteiger partial charge in [-0.3, -0.25) is 9.59 Å². The summed E-state index contributed by atoms with van der Waals surface area (Å²) in [6.07, 6.45) is 91.9. The normalized spacial score (nSPS) is 12.8. The molecule has 0 aromatic rings. The molecule has 0 aliphatic rings. The van der Waals surface area contributed by atoms with Gasteiger partial charge in [-0.1, -0.05) is 339 Å². The molecule has 2 unspecified atom stereocenters. The maximum absolute atomic E-state index is 12.5. The molecule has 0 bridgehead atoms. The van der Waals surface area contributed by atoms with Crippen molar-refractivity contribution in [2.75, 3.05) is 13.2 Å². The molecule has 81 heavy (non-hydrogen) atoms. The zero-order chi connectivity index (χ0) is 58.5. The van der Waals surface area contributed by atoms with E-state index in [9.17, 15) is 19.8 Å². The Balaban J connectivity index is 3.42. The van der Waals surface area contributed by atoms with Crippen LogP contribution < -0.4 is 5.32 Å². The second kappa shape index (κ2) is 70.3. The molecule has 0 saturated carbocycles. The summed E-state index contributed by atoms with van der Waals surface area (Å²) in [5.74, 6) is -0.0641. The van der Waals surface area contributed by atoms with Crippen LogP contribution in [-0.4, -0.2) is 47.4 Å². The lowest BCUT2D eigenvalue weighted by molar-refractivity contribution is -0.143. The van der Waals surface area contributed by atoms with Crippen LogP contribution in [0.3, 0.4) is 0 Å². The molecule has 0 spiro atoms. The van der Waals surface area contributed by atoms with Crippen LogP contribution in [0.1, 0.15) is 393 Å². The highest BCUT2D eigenvalue weighted by Gasteiger charge is 2.18. The summed E-state index contributed by atoms with van der Waals surface area (Å²) >= 11 is 0. The minimum Gasteiger partial charge on any atom is -0.466 e. The van der Waals surface area contributed by atoms with Crippen molar-refractivity contribution in [3.05, 3.63) is 48.6 Å². The van der Waals surface area contributed by atoms with E-state index in [1.807, 2.05) is 6.08 Å². The molecule has 0 rings (SSSR count). The van der Waals surface area contributed by atoms with Crippen LogP contribution in [0.5, 0.6) is 0 Å². The summed E-state index contributed by atoms with van der Waals surface area (Å²) in [5.41, 5.74) is 0. The third-order valence-corrected chi connectivity index (χ3v) is 16.8. The highest BCUT2D eigenvalue weighted by Crippen LogP contribution is 2.18. The fraction of sp³-hybridized carbons (Fsp3) is 0.867. The number of ether oxygens (including phenoxy) is 1. The van der Waals surface area contributed by atoms with Crippen molar-refractivity contribution >= 4 is 11.9 Å². The van der Waals surface area contributed by atoms with E-state index in [1.54, 1.807) is 6.08 Å². The van der Waals surface area contributed by atoms with E-state index < -0.39 is 12.1 Å². The fourth-order valence-corrected chi connectivity index (χ4v) is 11.3. The standard InChI is InChI=1S/C75H141NO5/c1-3-5-7-9-11-13-15-17-19-21-22-30-33-36-39-43-47-51-55-59-63-67-73(78)72(71-77)76-74(79)68-64-60-56-52-48-44-40-37-34-31-28-26-24-23-25-27-29-32-35-38-42-46-50-54-58-62-66-70-81-75(80)69-65-61-57-53-49-45-41-20-18-16-14-12-10-8-6-4-2/h14,16,20,23-24,41,63,67,72-73,77-78H,3-13,15,17-19,21-22,25-40,42-62,64-66,68-71H2,1-2H3,(H,76,79)/b16-14-,24-23-,41-20-,67-63+. The number of unbranched alkanes of at least 4 members (excludes halogenated alkanes) is 51. The zero-order valence-electron chi connectivity index (χ0n) is 54.5. The average molecular weight is 1140 g/mol. The van der Waals surface area contributed by atoms with Crippen molar-refractivity contribution in [2.45, 2.75) is 405 Å². The van der Waals surface area contributed by atoms with Crippen LogP contribution in [0.15, 0.2) is 48.6 Å². The number of aliphatic hydroxyl groups is 2. The molecule has 2 atom stereocenters. The Hall–Kier alpha value is -2.18. The molecule has 0 aliphatic heterocycles. The summed E-state index contributed by atoms with van der Waals surface area (Å²) < 4.78 is 5.49. The largest absolute Gasteiger partial charge is 0.466 e. The lowest BCUT2D eigenvalue weighted by atomic mass is 10.0. The number of carbonyl (C=O) groups excluding carboxylic acids is 2. The first-order valence-electron chi connectivity index (χ1n) is 36.4. The summed E-state index contributed by atoms with van der Waals surface area (Å²) in [6.45, 7) is 4.91. The van der Waals surface area contributed by atoms with Gasteiger partial charge in [-0.05, 0) is 89.9 Å². The van der Waals surface area contributed by atoms with Gasteiger partial charge in [0.2, 0.25) is 5.91 Å². The Morgan fingerprint density at radius 1 is 0.346 bits per heavy atom. The monoisotopic (exact) mass is 1140 g/mol. The molecule has 3 N–H and O–H groups in total. The van der Waals surface area contributed by atoms with Crippen LogP contribution in [0.25, 0.3) is 0 Å². The maximum atomic E-state index is 12.5. The molecule has 6 nitrogen and oxygen atoms in total.